The molecule has 0 bridgehead atoms. The molecule has 0 aliphatic rings. The van der Waals surface area contributed by atoms with Crippen LogP contribution in [0.1, 0.15) is 31.1 Å². The van der Waals surface area contributed by atoms with Crippen LogP contribution >= 0.6 is 15.9 Å². The van der Waals surface area contributed by atoms with Gasteiger partial charge in [0.05, 0.1) is 10.1 Å². The molecule has 0 atom stereocenters. The standard InChI is InChI=1S/C13H17BrFNO2/c1-4-16(8-13(2,3)18)12(17)9-5-6-11(15)10(14)7-9/h5-7,18H,4,8H2,1-3H3. The van der Waals surface area contributed by atoms with Crippen LogP contribution in [0.3, 0.4) is 0 Å². The summed E-state index contributed by atoms with van der Waals surface area (Å²) in [5.41, 5.74) is -0.558. The summed E-state index contributed by atoms with van der Waals surface area (Å²) < 4.78 is 13.4. The normalized spacial score (nSPS) is 11.4. The molecule has 5 heteroatoms. The number of rotatable bonds is 4. The third kappa shape index (κ3) is 4.07. The summed E-state index contributed by atoms with van der Waals surface area (Å²) in [5, 5.41) is 9.75. The molecular weight excluding hydrogens is 301 g/mol. The van der Waals surface area contributed by atoms with Crippen molar-refractivity contribution >= 4 is 21.8 Å². The molecule has 0 saturated carbocycles. The van der Waals surface area contributed by atoms with E-state index in [9.17, 15) is 14.3 Å². The summed E-state index contributed by atoms with van der Waals surface area (Å²) >= 11 is 3.05. The molecule has 0 aromatic heterocycles. The van der Waals surface area contributed by atoms with Gasteiger partial charge >= 0.3 is 0 Å². The first-order valence-corrected chi connectivity index (χ1v) is 6.50. The van der Waals surface area contributed by atoms with Gasteiger partial charge in [0.2, 0.25) is 0 Å². The predicted molar refractivity (Wildman–Crippen MR) is 72.0 cm³/mol. The van der Waals surface area contributed by atoms with Crippen molar-refractivity contribution in [3.8, 4) is 0 Å². The fourth-order valence-corrected chi connectivity index (χ4v) is 1.98. The van der Waals surface area contributed by atoms with Crippen molar-refractivity contribution in [1.82, 2.24) is 4.90 Å². The zero-order valence-electron chi connectivity index (χ0n) is 10.7. The number of hydrogen-bond acceptors (Lipinski definition) is 2. The number of carbonyl (C=O) groups excluding carboxylic acids is 1. The van der Waals surface area contributed by atoms with Crippen LogP contribution in [-0.4, -0.2) is 34.6 Å². The number of nitrogens with zero attached hydrogens (tertiary/aromatic N) is 1. The highest BCUT2D eigenvalue weighted by atomic mass is 79.9. The Balaban J connectivity index is 2.93. The zero-order valence-corrected chi connectivity index (χ0v) is 12.3. The van der Waals surface area contributed by atoms with Crippen LogP contribution < -0.4 is 0 Å². The minimum absolute atomic E-state index is 0.222. The molecule has 0 saturated heterocycles. The van der Waals surface area contributed by atoms with E-state index in [1.54, 1.807) is 13.8 Å². The Labute approximate surface area is 115 Å². The number of benzene rings is 1. The van der Waals surface area contributed by atoms with Crippen molar-refractivity contribution in [2.45, 2.75) is 26.4 Å². The molecule has 100 valence electrons. The van der Waals surface area contributed by atoms with E-state index in [4.69, 9.17) is 0 Å². The van der Waals surface area contributed by atoms with E-state index in [1.807, 2.05) is 6.92 Å². The van der Waals surface area contributed by atoms with Gasteiger partial charge in [-0.15, -0.1) is 0 Å². The van der Waals surface area contributed by atoms with Gasteiger partial charge < -0.3 is 10.0 Å². The van der Waals surface area contributed by atoms with E-state index in [-0.39, 0.29) is 16.9 Å². The van der Waals surface area contributed by atoms with Gasteiger partial charge in [0.25, 0.3) is 5.91 Å². The second kappa shape index (κ2) is 5.80. The number of carbonyl (C=O) groups is 1. The highest BCUT2D eigenvalue weighted by Crippen LogP contribution is 2.18. The lowest BCUT2D eigenvalue weighted by atomic mass is 10.1. The summed E-state index contributed by atoms with van der Waals surface area (Å²) in [5.74, 6) is -0.627. The van der Waals surface area contributed by atoms with Gasteiger partial charge in [-0.3, -0.25) is 4.79 Å². The fraction of sp³-hybridized carbons (Fsp3) is 0.462. The second-order valence-corrected chi connectivity index (χ2v) is 5.61. The lowest BCUT2D eigenvalue weighted by Gasteiger charge is -2.28. The minimum atomic E-state index is -0.955. The lowest BCUT2D eigenvalue weighted by molar-refractivity contribution is 0.0314. The summed E-state index contributed by atoms with van der Waals surface area (Å²) in [6.45, 7) is 5.84. The van der Waals surface area contributed by atoms with Crippen LogP contribution in [0.15, 0.2) is 22.7 Å². The Morgan fingerprint density at radius 2 is 2.11 bits per heavy atom. The topological polar surface area (TPSA) is 40.5 Å². The Morgan fingerprint density at radius 1 is 1.50 bits per heavy atom. The number of halogens is 2. The van der Waals surface area contributed by atoms with Gasteiger partial charge in [0.1, 0.15) is 5.82 Å². The molecule has 0 radical (unpaired) electrons. The fourth-order valence-electron chi connectivity index (χ4n) is 1.61. The maximum absolute atomic E-state index is 13.1. The largest absolute Gasteiger partial charge is 0.389 e. The summed E-state index contributed by atoms with van der Waals surface area (Å²) in [6.07, 6.45) is 0. The molecule has 0 aliphatic carbocycles. The summed E-state index contributed by atoms with van der Waals surface area (Å²) in [6, 6.07) is 4.13. The van der Waals surface area contributed by atoms with Crippen molar-refractivity contribution in [3.05, 3.63) is 34.1 Å². The van der Waals surface area contributed by atoms with Crippen molar-refractivity contribution in [2.75, 3.05) is 13.1 Å². The molecule has 1 rings (SSSR count). The summed E-state index contributed by atoms with van der Waals surface area (Å²) in [7, 11) is 0. The zero-order chi connectivity index (χ0) is 13.9. The van der Waals surface area contributed by atoms with E-state index < -0.39 is 11.4 Å². The highest BCUT2D eigenvalue weighted by Gasteiger charge is 2.22. The molecule has 1 N–H and O–H groups in total. The molecule has 0 spiro atoms. The van der Waals surface area contributed by atoms with Crippen LogP contribution in [-0.2, 0) is 0 Å². The first-order valence-electron chi connectivity index (χ1n) is 5.71. The van der Waals surface area contributed by atoms with Crippen LogP contribution in [0, 0.1) is 5.82 Å². The molecule has 1 amide bonds. The molecule has 0 aliphatic heterocycles. The average Bonchev–Trinajstić information content (AvgIpc) is 2.27. The van der Waals surface area contributed by atoms with Crippen molar-refractivity contribution in [2.24, 2.45) is 0 Å². The van der Waals surface area contributed by atoms with E-state index >= 15 is 0 Å². The van der Waals surface area contributed by atoms with Gasteiger partial charge in [-0.25, -0.2) is 4.39 Å². The number of hydrogen-bond donors (Lipinski definition) is 1. The van der Waals surface area contributed by atoms with Crippen molar-refractivity contribution in [3.63, 3.8) is 0 Å². The van der Waals surface area contributed by atoms with E-state index in [0.29, 0.717) is 12.1 Å². The van der Waals surface area contributed by atoms with Gasteiger partial charge in [0.15, 0.2) is 0 Å². The monoisotopic (exact) mass is 317 g/mol. The molecule has 0 fully saturated rings. The summed E-state index contributed by atoms with van der Waals surface area (Å²) in [4.78, 5) is 13.7. The van der Waals surface area contributed by atoms with E-state index in [2.05, 4.69) is 15.9 Å². The maximum Gasteiger partial charge on any atom is 0.253 e. The Hall–Kier alpha value is -0.940. The maximum atomic E-state index is 13.1. The third-order valence-electron chi connectivity index (χ3n) is 2.41. The van der Waals surface area contributed by atoms with Crippen molar-refractivity contribution in [1.29, 1.82) is 0 Å². The molecule has 1 aromatic rings. The molecular formula is C13H17BrFNO2. The SMILES string of the molecule is CCN(CC(C)(C)O)C(=O)c1ccc(F)c(Br)c1. The van der Waals surface area contributed by atoms with Crippen molar-refractivity contribution < 1.29 is 14.3 Å². The number of aliphatic hydroxyl groups is 1. The van der Waals surface area contributed by atoms with Gasteiger partial charge in [-0.05, 0) is 54.9 Å². The number of amides is 1. The Kier molecular flexibility index (Phi) is 4.87. The van der Waals surface area contributed by atoms with E-state index in [1.165, 1.54) is 23.1 Å². The molecule has 3 nitrogen and oxygen atoms in total. The quantitative estimate of drug-likeness (QED) is 0.927. The molecule has 1 aromatic carbocycles. The first-order chi connectivity index (χ1) is 8.24. The van der Waals surface area contributed by atoms with Gasteiger partial charge in [-0.2, -0.15) is 0 Å². The molecule has 0 unspecified atom stereocenters. The average molecular weight is 318 g/mol. The third-order valence-corrected chi connectivity index (χ3v) is 3.02. The molecule has 0 heterocycles. The van der Waals surface area contributed by atoms with Crippen LogP contribution in [0.2, 0.25) is 0 Å². The van der Waals surface area contributed by atoms with Gasteiger partial charge in [0, 0.05) is 18.7 Å². The predicted octanol–water partition coefficient (Wildman–Crippen LogP) is 2.82. The van der Waals surface area contributed by atoms with Gasteiger partial charge in [-0.1, -0.05) is 0 Å². The van der Waals surface area contributed by atoms with Crippen LogP contribution in [0.25, 0.3) is 0 Å². The van der Waals surface area contributed by atoms with Crippen LogP contribution in [0.5, 0.6) is 0 Å². The Bertz CT molecular complexity index is 443. The molecule has 18 heavy (non-hydrogen) atoms. The smallest absolute Gasteiger partial charge is 0.253 e. The van der Waals surface area contributed by atoms with Crippen LogP contribution in [0.4, 0.5) is 4.39 Å². The highest BCUT2D eigenvalue weighted by molar-refractivity contribution is 9.10. The first kappa shape index (κ1) is 15.1. The second-order valence-electron chi connectivity index (χ2n) is 4.76. The number of likely N-dealkylation sites (N-methyl/N-ethyl adjacent to an activating group) is 1. The lowest BCUT2D eigenvalue weighted by Crippen LogP contribution is -2.42. The van der Waals surface area contributed by atoms with E-state index in [0.717, 1.165) is 0 Å². The Morgan fingerprint density at radius 3 is 2.56 bits per heavy atom. The minimum Gasteiger partial charge on any atom is -0.389 e.